The highest BCUT2D eigenvalue weighted by Gasteiger charge is 2.36. The molecule has 0 aliphatic heterocycles. The first kappa shape index (κ1) is 10.3. The van der Waals surface area contributed by atoms with E-state index in [1.165, 1.54) is 6.92 Å². The van der Waals surface area contributed by atoms with Crippen molar-refractivity contribution in [3.63, 3.8) is 0 Å². The Balaban J connectivity index is 2.52. The van der Waals surface area contributed by atoms with Gasteiger partial charge in [-0.15, -0.1) is 0 Å². The second-order valence-electron chi connectivity index (χ2n) is 3.96. The molecule has 2 unspecified atom stereocenters. The minimum absolute atomic E-state index is 0.241. The lowest BCUT2D eigenvalue weighted by molar-refractivity contribution is 0.358. The Morgan fingerprint density at radius 1 is 1.07 bits per heavy atom. The van der Waals surface area contributed by atoms with Gasteiger partial charge in [0.05, 0.1) is 5.92 Å². The third kappa shape index (κ3) is 1.46. The first-order valence-corrected chi connectivity index (χ1v) is 4.80. The topological polar surface area (TPSA) is 0 Å². The molecule has 2 rings (SSSR count). The lowest BCUT2D eigenvalue weighted by Gasteiger charge is -2.28. The molecular weight excluding hydrogens is 201 g/mol. The average molecular weight is 212 g/mol. The van der Waals surface area contributed by atoms with E-state index in [0.29, 0.717) is 5.57 Å². The van der Waals surface area contributed by atoms with Crippen molar-refractivity contribution in [2.45, 2.75) is 13.8 Å². The second kappa shape index (κ2) is 3.40. The largest absolute Gasteiger partial charge is 0.211 e. The summed E-state index contributed by atoms with van der Waals surface area (Å²) in [5, 5.41) is 0. The van der Waals surface area contributed by atoms with Crippen molar-refractivity contribution in [3.8, 4) is 0 Å². The molecule has 15 heavy (non-hydrogen) atoms. The Morgan fingerprint density at radius 2 is 1.73 bits per heavy atom. The third-order valence-electron chi connectivity index (χ3n) is 2.87. The Labute approximate surface area is 86.5 Å². The molecule has 0 fully saturated rings. The molecule has 80 valence electrons. The summed E-state index contributed by atoms with van der Waals surface area (Å²) in [5.74, 6) is -3.96. The lowest BCUT2D eigenvalue weighted by Crippen LogP contribution is -2.20. The van der Waals surface area contributed by atoms with Crippen molar-refractivity contribution in [2.75, 3.05) is 0 Å². The molecule has 2 atom stereocenters. The molecular formula is C12H11F3. The van der Waals surface area contributed by atoms with E-state index in [2.05, 4.69) is 0 Å². The van der Waals surface area contributed by atoms with Crippen molar-refractivity contribution in [2.24, 2.45) is 11.8 Å². The van der Waals surface area contributed by atoms with E-state index in [1.807, 2.05) is 0 Å². The molecule has 0 spiro atoms. The zero-order valence-electron chi connectivity index (χ0n) is 8.52. The molecule has 0 nitrogen and oxygen atoms in total. The zero-order valence-corrected chi connectivity index (χ0v) is 8.52. The SMILES string of the molecule is CC1=CC2C=CC(C)=C(F)C2C(F)=C1F. The van der Waals surface area contributed by atoms with Crippen molar-refractivity contribution < 1.29 is 13.2 Å². The summed E-state index contributed by atoms with van der Waals surface area (Å²) in [5.41, 5.74) is 0.609. The number of hydrogen-bond acceptors (Lipinski definition) is 0. The molecule has 0 radical (unpaired) electrons. The fourth-order valence-electron chi connectivity index (χ4n) is 1.98. The number of hydrogen-bond donors (Lipinski definition) is 0. The molecule has 0 aromatic carbocycles. The van der Waals surface area contributed by atoms with Crippen LogP contribution in [0.4, 0.5) is 13.2 Å². The maximum atomic E-state index is 13.6. The maximum Gasteiger partial charge on any atom is 0.157 e. The van der Waals surface area contributed by atoms with Gasteiger partial charge in [0.1, 0.15) is 11.7 Å². The molecule has 0 aromatic heterocycles. The van der Waals surface area contributed by atoms with Crippen LogP contribution in [0.2, 0.25) is 0 Å². The van der Waals surface area contributed by atoms with Crippen LogP contribution in [-0.4, -0.2) is 0 Å². The van der Waals surface area contributed by atoms with Gasteiger partial charge in [0.15, 0.2) is 5.83 Å². The highest BCUT2D eigenvalue weighted by atomic mass is 19.2. The van der Waals surface area contributed by atoms with E-state index in [0.717, 1.165) is 0 Å². The Hall–Kier alpha value is -1.25. The van der Waals surface area contributed by atoms with Gasteiger partial charge in [-0.2, -0.15) is 0 Å². The van der Waals surface area contributed by atoms with Gasteiger partial charge in [0, 0.05) is 5.92 Å². The normalized spacial score (nSPS) is 30.6. The minimum atomic E-state index is -1.08. The maximum absolute atomic E-state index is 13.6. The molecule has 0 aromatic rings. The van der Waals surface area contributed by atoms with E-state index in [1.54, 1.807) is 25.2 Å². The summed E-state index contributed by atoms with van der Waals surface area (Å²) in [6.45, 7) is 3.04. The van der Waals surface area contributed by atoms with Gasteiger partial charge in [-0.1, -0.05) is 18.2 Å². The fourth-order valence-corrected chi connectivity index (χ4v) is 1.98. The quantitative estimate of drug-likeness (QED) is 0.566. The average Bonchev–Trinajstić information content (AvgIpc) is 2.20. The Kier molecular flexibility index (Phi) is 2.33. The van der Waals surface area contributed by atoms with Gasteiger partial charge in [0.25, 0.3) is 0 Å². The monoisotopic (exact) mass is 212 g/mol. The summed E-state index contributed by atoms with van der Waals surface area (Å²) in [6, 6.07) is 0. The lowest BCUT2D eigenvalue weighted by atomic mass is 9.79. The zero-order chi connectivity index (χ0) is 11.2. The summed E-state index contributed by atoms with van der Waals surface area (Å²) in [6.07, 6.45) is 4.88. The molecule has 0 bridgehead atoms. The van der Waals surface area contributed by atoms with Gasteiger partial charge in [0.2, 0.25) is 0 Å². The summed E-state index contributed by atoms with van der Waals surface area (Å²) in [7, 11) is 0. The third-order valence-corrected chi connectivity index (χ3v) is 2.87. The highest BCUT2D eigenvalue weighted by Crippen LogP contribution is 2.43. The number of halogens is 3. The highest BCUT2D eigenvalue weighted by molar-refractivity contribution is 5.42. The van der Waals surface area contributed by atoms with Gasteiger partial charge in [-0.3, -0.25) is 0 Å². The van der Waals surface area contributed by atoms with Crippen LogP contribution in [0, 0.1) is 11.8 Å². The van der Waals surface area contributed by atoms with E-state index < -0.39 is 29.3 Å². The van der Waals surface area contributed by atoms with Crippen LogP contribution in [0.3, 0.4) is 0 Å². The predicted octanol–water partition coefficient (Wildman–Crippen LogP) is 4.14. The van der Waals surface area contributed by atoms with Gasteiger partial charge in [-0.05, 0) is 25.0 Å². The van der Waals surface area contributed by atoms with Crippen molar-refractivity contribution in [3.05, 3.63) is 46.9 Å². The van der Waals surface area contributed by atoms with Crippen LogP contribution < -0.4 is 0 Å². The molecule has 0 amide bonds. The standard InChI is InChI=1S/C12H11F3/c1-6-3-4-8-5-7(2)11(14)12(15)9(8)10(6)13/h3-5,8-9H,1-2H3. The van der Waals surface area contributed by atoms with Crippen LogP contribution in [0.1, 0.15) is 13.8 Å². The number of fused-ring (bicyclic) bond motifs is 1. The van der Waals surface area contributed by atoms with Crippen molar-refractivity contribution >= 4 is 0 Å². The summed E-state index contributed by atoms with van der Waals surface area (Å²) >= 11 is 0. The molecule has 0 saturated heterocycles. The molecule has 2 aliphatic carbocycles. The molecule has 3 heteroatoms. The summed E-state index contributed by atoms with van der Waals surface area (Å²) in [4.78, 5) is 0. The van der Waals surface area contributed by atoms with Crippen molar-refractivity contribution in [1.29, 1.82) is 0 Å². The first-order chi connectivity index (χ1) is 7.02. The molecule has 0 saturated carbocycles. The van der Waals surface area contributed by atoms with Crippen LogP contribution in [-0.2, 0) is 0 Å². The van der Waals surface area contributed by atoms with Gasteiger partial charge in [-0.25, -0.2) is 13.2 Å². The van der Waals surface area contributed by atoms with E-state index in [-0.39, 0.29) is 5.57 Å². The fraction of sp³-hybridized carbons (Fsp3) is 0.333. The molecule has 0 heterocycles. The van der Waals surface area contributed by atoms with E-state index in [4.69, 9.17) is 0 Å². The Morgan fingerprint density at radius 3 is 2.40 bits per heavy atom. The molecule has 2 aliphatic rings. The number of allylic oxidation sites excluding steroid dienone is 8. The Bertz CT molecular complexity index is 424. The molecule has 0 N–H and O–H groups in total. The smallest absolute Gasteiger partial charge is 0.157 e. The van der Waals surface area contributed by atoms with Crippen LogP contribution >= 0.6 is 0 Å². The van der Waals surface area contributed by atoms with E-state index >= 15 is 0 Å². The predicted molar refractivity (Wildman–Crippen MR) is 52.9 cm³/mol. The second-order valence-corrected chi connectivity index (χ2v) is 3.96. The van der Waals surface area contributed by atoms with E-state index in [9.17, 15) is 13.2 Å². The minimum Gasteiger partial charge on any atom is -0.211 e. The summed E-state index contributed by atoms with van der Waals surface area (Å²) < 4.78 is 40.4. The van der Waals surface area contributed by atoms with Crippen LogP contribution in [0.25, 0.3) is 0 Å². The van der Waals surface area contributed by atoms with Gasteiger partial charge < -0.3 is 0 Å². The van der Waals surface area contributed by atoms with Crippen LogP contribution in [0.15, 0.2) is 46.9 Å². The van der Waals surface area contributed by atoms with Gasteiger partial charge >= 0.3 is 0 Å². The number of rotatable bonds is 0. The van der Waals surface area contributed by atoms with Crippen LogP contribution in [0.5, 0.6) is 0 Å². The first-order valence-electron chi connectivity index (χ1n) is 4.80. The van der Waals surface area contributed by atoms with Crippen molar-refractivity contribution in [1.82, 2.24) is 0 Å².